The summed E-state index contributed by atoms with van der Waals surface area (Å²) in [6.07, 6.45) is -1.23. The van der Waals surface area contributed by atoms with Crippen molar-refractivity contribution in [1.82, 2.24) is 20.3 Å². The predicted octanol–water partition coefficient (Wildman–Crippen LogP) is 2.67. The first-order valence-corrected chi connectivity index (χ1v) is 11.2. The number of alkyl halides is 3. The zero-order valence-electron chi connectivity index (χ0n) is 16.8. The lowest BCUT2D eigenvalue weighted by Gasteiger charge is -2.27. The van der Waals surface area contributed by atoms with Gasteiger partial charge in [-0.15, -0.1) is 5.10 Å². The molecule has 1 rings (SSSR count). The maximum absolute atomic E-state index is 13.4. The molecule has 1 amide bonds. The van der Waals surface area contributed by atoms with Crippen molar-refractivity contribution in [3.8, 4) is 0 Å². The highest BCUT2D eigenvalue weighted by molar-refractivity contribution is 7.53. The second-order valence-electron chi connectivity index (χ2n) is 5.30. The molecule has 1 atom stereocenters. The van der Waals surface area contributed by atoms with Gasteiger partial charge in [-0.2, -0.15) is 0 Å². The van der Waals surface area contributed by atoms with E-state index >= 15 is 0 Å². The van der Waals surface area contributed by atoms with Gasteiger partial charge in [-0.05, 0) is 13.8 Å². The average Bonchev–Trinajstić information content (AvgIpc) is 3.13. The molecule has 1 aromatic rings. The summed E-state index contributed by atoms with van der Waals surface area (Å²) < 4.78 is 36.5. The minimum absolute atomic E-state index is 0.120. The smallest absolute Gasteiger partial charge is 0.409 e. The van der Waals surface area contributed by atoms with Crippen LogP contribution >= 0.6 is 42.4 Å². The molecule has 0 saturated heterocycles. The van der Waals surface area contributed by atoms with Gasteiger partial charge in [0.05, 0.1) is 27.4 Å². The van der Waals surface area contributed by atoms with Gasteiger partial charge in [-0.25, -0.2) is 19.1 Å². The highest BCUT2D eigenvalue weighted by atomic mass is 35.6. The second-order valence-corrected chi connectivity index (χ2v) is 9.90. The topological polar surface area (TPSA) is 157 Å². The van der Waals surface area contributed by atoms with E-state index in [1.165, 1.54) is 13.8 Å². The molecule has 0 aliphatic heterocycles. The van der Waals surface area contributed by atoms with Gasteiger partial charge in [0.2, 0.25) is 15.4 Å². The largest absolute Gasteiger partial charge is 0.464 e. The van der Waals surface area contributed by atoms with Crippen LogP contribution < -0.4 is 5.32 Å². The maximum atomic E-state index is 13.4. The molecule has 1 heterocycles. The van der Waals surface area contributed by atoms with Gasteiger partial charge in [0.25, 0.3) is 0 Å². The molecule has 1 N–H and O–H groups in total. The van der Waals surface area contributed by atoms with Gasteiger partial charge in [-0.3, -0.25) is 9.88 Å². The van der Waals surface area contributed by atoms with Gasteiger partial charge in [0.15, 0.2) is 5.69 Å². The molecular formula is C14H20Cl3N4O9P. The van der Waals surface area contributed by atoms with Gasteiger partial charge in [0.1, 0.15) is 6.61 Å². The standard InChI is InChI=1S/C14H20Cl3N4O9P/c1-5-29-31(25,30-6-2)12(18-13(24)28-7-14(15,16)17)21-9(11(23)27-4)8(19-20-21)10(22)26-3/h12H,5-7H2,1-4H3,(H,18,24)/t12-/m0/s1. The highest BCUT2D eigenvalue weighted by Gasteiger charge is 2.44. The number of hydrogen-bond acceptors (Lipinski definition) is 11. The first-order valence-electron chi connectivity index (χ1n) is 8.44. The lowest BCUT2D eigenvalue weighted by atomic mass is 10.3. The number of carbonyl (C=O) groups is 3. The van der Waals surface area contributed by atoms with Crippen molar-refractivity contribution in [3.63, 3.8) is 0 Å². The third kappa shape index (κ3) is 7.48. The van der Waals surface area contributed by atoms with Crippen molar-refractivity contribution < 1.29 is 42.2 Å². The number of aromatic nitrogens is 3. The van der Waals surface area contributed by atoms with E-state index in [0.29, 0.717) is 4.68 Å². The Kier molecular flexibility index (Phi) is 10.5. The van der Waals surface area contributed by atoms with Crippen molar-refractivity contribution in [1.29, 1.82) is 0 Å². The van der Waals surface area contributed by atoms with Gasteiger partial charge < -0.3 is 23.3 Å². The van der Waals surface area contributed by atoms with Crippen LogP contribution in [-0.2, 0) is 27.8 Å². The monoisotopic (exact) mass is 524 g/mol. The number of esters is 2. The Labute approximate surface area is 192 Å². The Balaban J connectivity index is 3.55. The molecule has 0 saturated carbocycles. The van der Waals surface area contributed by atoms with Crippen LogP contribution in [0.3, 0.4) is 0 Å². The Morgan fingerprint density at radius 1 is 1.10 bits per heavy atom. The molecule has 13 nitrogen and oxygen atoms in total. The van der Waals surface area contributed by atoms with Crippen molar-refractivity contribution in [2.75, 3.05) is 34.0 Å². The fourth-order valence-corrected chi connectivity index (χ4v) is 4.03. The Hall–Kier alpha value is -1.63. The summed E-state index contributed by atoms with van der Waals surface area (Å²) in [5.74, 6) is -3.98. The Morgan fingerprint density at radius 2 is 1.65 bits per heavy atom. The summed E-state index contributed by atoms with van der Waals surface area (Å²) in [6, 6.07) is 0. The van der Waals surface area contributed by atoms with Crippen molar-refractivity contribution >= 4 is 60.4 Å². The van der Waals surface area contributed by atoms with E-state index in [4.69, 9.17) is 48.6 Å². The molecule has 0 bridgehead atoms. The van der Waals surface area contributed by atoms with Crippen LogP contribution in [0.1, 0.15) is 40.7 Å². The number of nitrogens with zero attached hydrogens (tertiary/aromatic N) is 3. The van der Waals surface area contributed by atoms with Crippen LogP contribution in [0.2, 0.25) is 0 Å². The zero-order chi connectivity index (χ0) is 23.8. The molecule has 31 heavy (non-hydrogen) atoms. The van der Waals surface area contributed by atoms with Crippen LogP contribution in [0, 0.1) is 0 Å². The summed E-state index contributed by atoms with van der Waals surface area (Å²) in [4.78, 5) is 36.6. The van der Waals surface area contributed by atoms with E-state index in [2.05, 4.69) is 25.1 Å². The summed E-state index contributed by atoms with van der Waals surface area (Å²) in [6.45, 7) is 2.10. The highest BCUT2D eigenvalue weighted by Crippen LogP contribution is 2.57. The van der Waals surface area contributed by atoms with Gasteiger partial charge in [-0.1, -0.05) is 40.0 Å². The molecule has 17 heteroatoms. The first-order chi connectivity index (χ1) is 14.4. The Morgan fingerprint density at radius 3 is 2.10 bits per heavy atom. The minimum atomic E-state index is -4.28. The Bertz CT molecular complexity index is 835. The van der Waals surface area contributed by atoms with Crippen LogP contribution in [0.15, 0.2) is 0 Å². The molecule has 0 unspecified atom stereocenters. The summed E-state index contributed by atoms with van der Waals surface area (Å²) in [5.41, 5.74) is -1.17. The number of carbonyl (C=O) groups excluding carboxylic acids is 3. The number of methoxy groups -OCH3 is 2. The normalized spacial score (nSPS) is 12.7. The van der Waals surface area contributed by atoms with E-state index < -0.39 is 53.3 Å². The molecular weight excluding hydrogens is 506 g/mol. The number of halogens is 3. The zero-order valence-corrected chi connectivity index (χ0v) is 20.0. The number of alkyl carbamates (subject to hydrolysis) is 1. The molecule has 0 spiro atoms. The fraction of sp³-hybridized carbons (Fsp3) is 0.643. The van der Waals surface area contributed by atoms with Crippen LogP contribution in [-0.4, -0.2) is 70.9 Å². The van der Waals surface area contributed by atoms with E-state index in [1.807, 2.05) is 0 Å². The van der Waals surface area contributed by atoms with E-state index in [0.717, 1.165) is 14.2 Å². The van der Waals surface area contributed by atoms with Gasteiger partial charge in [0, 0.05) is 0 Å². The van der Waals surface area contributed by atoms with Crippen LogP contribution in [0.4, 0.5) is 4.79 Å². The lowest BCUT2D eigenvalue weighted by molar-refractivity contribution is 0.0541. The average molecular weight is 526 g/mol. The fourth-order valence-electron chi connectivity index (χ4n) is 2.09. The first kappa shape index (κ1) is 27.4. The van der Waals surface area contributed by atoms with Crippen molar-refractivity contribution in [2.24, 2.45) is 0 Å². The maximum Gasteiger partial charge on any atom is 0.409 e. The number of ether oxygens (including phenoxy) is 3. The number of rotatable bonds is 10. The number of hydrogen-bond donors (Lipinski definition) is 1. The molecule has 0 aliphatic carbocycles. The molecule has 0 aliphatic rings. The van der Waals surface area contributed by atoms with Crippen molar-refractivity contribution in [3.05, 3.63) is 11.4 Å². The minimum Gasteiger partial charge on any atom is -0.464 e. The predicted molar refractivity (Wildman–Crippen MR) is 107 cm³/mol. The van der Waals surface area contributed by atoms with Gasteiger partial charge >= 0.3 is 25.6 Å². The SMILES string of the molecule is CCOP(=O)(OCC)[C@@H](NC(=O)OCC(Cl)(Cl)Cl)n1nnc(C(=O)OC)c1C(=O)OC. The third-order valence-corrected chi connectivity index (χ3v) is 5.73. The van der Waals surface area contributed by atoms with Crippen molar-refractivity contribution in [2.45, 2.75) is 23.5 Å². The summed E-state index contributed by atoms with van der Waals surface area (Å²) in [7, 11) is -2.23. The van der Waals surface area contributed by atoms with E-state index in [-0.39, 0.29) is 13.2 Å². The lowest BCUT2D eigenvalue weighted by Crippen LogP contribution is -2.37. The molecule has 0 fully saturated rings. The van der Waals surface area contributed by atoms with Crippen LogP contribution in [0.25, 0.3) is 0 Å². The molecule has 1 aromatic heterocycles. The molecule has 0 aromatic carbocycles. The molecule has 0 radical (unpaired) electrons. The quantitative estimate of drug-likeness (QED) is 0.207. The number of amides is 1. The molecule has 176 valence electrons. The van der Waals surface area contributed by atoms with E-state index in [1.54, 1.807) is 0 Å². The van der Waals surface area contributed by atoms with Crippen LogP contribution in [0.5, 0.6) is 0 Å². The second kappa shape index (κ2) is 11.8. The summed E-state index contributed by atoms with van der Waals surface area (Å²) in [5, 5.41) is 9.34. The van der Waals surface area contributed by atoms with E-state index in [9.17, 15) is 18.9 Å². The summed E-state index contributed by atoms with van der Waals surface area (Å²) >= 11 is 16.6. The number of nitrogens with one attached hydrogen (secondary N) is 1. The third-order valence-electron chi connectivity index (χ3n) is 3.22.